The van der Waals surface area contributed by atoms with Crippen LogP contribution in [0.5, 0.6) is 5.75 Å². The SMILES string of the molecule is CCCCCCCc1cc(OC)c2ccccc2n1. The first kappa shape index (κ1) is 13.9. The lowest BCUT2D eigenvalue weighted by atomic mass is 10.1. The van der Waals surface area contributed by atoms with Crippen LogP contribution in [0.4, 0.5) is 0 Å². The summed E-state index contributed by atoms with van der Waals surface area (Å²) >= 11 is 0. The molecule has 2 nitrogen and oxygen atoms in total. The molecule has 0 aliphatic rings. The first-order chi connectivity index (χ1) is 9.35. The van der Waals surface area contributed by atoms with Gasteiger partial charge in [0.15, 0.2) is 0 Å². The molecular weight excluding hydrogens is 234 g/mol. The van der Waals surface area contributed by atoms with E-state index in [-0.39, 0.29) is 0 Å². The predicted octanol–water partition coefficient (Wildman–Crippen LogP) is 4.76. The third-order valence-electron chi connectivity index (χ3n) is 3.49. The molecule has 0 unspecified atom stereocenters. The normalized spacial score (nSPS) is 10.8. The molecule has 0 aliphatic heterocycles. The Balaban J connectivity index is 2.07. The first-order valence-corrected chi connectivity index (χ1v) is 7.27. The Morgan fingerprint density at radius 3 is 2.63 bits per heavy atom. The highest BCUT2D eigenvalue weighted by Crippen LogP contribution is 2.25. The van der Waals surface area contributed by atoms with Crippen LogP contribution in [0.1, 0.15) is 44.7 Å². The molecule has 2 heteroatoms. The highest BCUT2D eigenvalue weighted by Gasteiger charge is 2.05. The van der Waals surface area contributed by atoms with Crippen LogP contribution < -0.4 is 4.74 Å². The van der Waals surface area contributed by atoms with Gasteiger partial charge in [0.05, 0.1) is 12.6 Å². The monoisotopic (exact) mass is 257 g/mol. The number of benzene rings is 1. The van der Waals surface area contributed by atoms with Crippen molar-refractivity contribution in [3.63, 3.8) is 0 Å². The van der Waals surface area contributed by atoms with Crippen molar-refractivity contribution in [2.45, 2.75) is 45.4 Å². The van der Waals surface area contributed by atoms with Gasteiger partial charge in [0, 0.05) is 17.1 Å². The minimum Gasteiger partial charge on any atom is -0.496 e. The Hall–Kier alpha value is -1.57. The Morgan fingerprint density at radius 2 is 1.84 bits per heavy atom. The average Bonchev–Trinajstić information content (AvgIpc) is 2.46. The van der Waals surface area contributed by atoms with E-state index >= 15 is 0 Å². The summed E-state index contributed by atoms with van der Waals surface area (Å²) in [6.07, 6.45) is 7.53. The van der Waals surface area contributed by atoms with Gasteiger partial charge in [0.25, 0.3) is 0 Å². The van der Waals surface area contributed by atoms with Crippen molar-refractivity contribution in [3.8, 4) is 5.75 Å². The van der Waals surface area contributed by atoms with Gasteiger partial charge in [0.2, 0.25) is 0 Å². The molecule has 1 aromatic heterocycles. The summed E-state index contributed by atoms with van der Waals surface area (Å²) in [6, 6.07) is 10.3. The van der Waals surface area contributed by atoms with E-state index in [0.717, 1.165) is 28.8 Å². The second-order valence-electron chi connectivity index (χ2n) is 5.00. The minimum absolute atomic E-state index is 0.939. The van der Waals surface area contributed by atoms with Crippen molar-refractivity contribution in [1.29, 1.82) is 0 Å². The number of rotatable bonds is 7. The highest BCUT2D eigenvalue weighted by molar-refractivity contribution is 5.85. The maximum atomic E-state index is 5.47. The summed E-state index contributed by atoms with van der Waals surface area (Å²) in [4.78, 5) is 4.72. The molecule has 1 aromatic carbocycles. The van der Waals surface area contributed by atoms with E-state index in [0.29, 0.717) is 0 Å². The van der Waals surface area contributed by atoms with Gasteiger partial charge in [-0.05, 0) is 25.0 Å². The number of aromatic nitrogens is 1. The number of unbranched alkanes of at least 4 members (excludes halogenated alkanes) is 4. The molecule has 2 rings (SSSR count). The van der Waals surface area contributed by atoms with Gasteiger partial charge >= 0.3 is 0 Å². The summed E-state index contributed by atoms with van der Waals surface area (Å²) in [5.74, 6) is 0.939. The van der Waals surface area contributed by atoms with Crippen molar-refractivity contribution < 1.29 is 4.74 Å². The van der Waals surface area contributed by atoms with E-state index in [2.05, 4.69) is 25.1 Å². The molecule has 2 aromatic rings. The minimum atomic E-state index is 0.939. The second-order valence-corrected chi connectivity index (χ2v) is 5.00. The lowest BCUT2D eigenvalue weighted by molar-refractivity contribution is 0.418. The maximum Gasteiger partial charge on any atom is 0.130 e. The molecular formula is C17H23NO. The molecule has 0 atom stereocenters. The summed E-state index contributed by atoms with van der Waals surface area (Å²) in [5, 5.41) is 1.10. The van der Waals surface area contributed by atoms with Gasteiger partial charge in [0.1, 0.15) is 5.75 Å². The smallest absolute Gasteiger partial charge is 0.130 e. The fourth-order valence-electron chi connectivity index (χ4n) is 2.40. The zero-order valence-corrected chi connectivity index (χ0v) is 12.0. The molecule has 0 saturated carbocycles. The van der Waals surface area contributed by atoms with Crippen molar-refractivity contribution in [2.24, 2.45) is 0 Å². The first-order valence-electron chi connectivity index (χ1n) is 7.27. The number of methoxy groups -OCH3 is 1. The zero-order chi connectivity index (χ0) is 13.5. The molecule has 102 valence electrons. The van der Waals surface area contributed by atoms with Crippen LogP contribution >= 0.6 is 0 Å². The number of aryl methyl sites for hydroxylation is 1. The number of para-hydroxylation sites is 1. The molecule has 19 heavy (non-hydrogen) atoms. The van der Waals surface area contributed by atoms with Gasteiger partial charge in [-0.15, -0.1) is 0 Å². The Labute approximate surface area is 115 Å². The van der Waals surface area contributed by atoms with Crippen LogP contribution in [0.25, 0.3) is 10.9 Å². The van der Waals surface area contributed by atoms with Crippen molar-refractivity contribution in [2.75, 3.05) is 7.11 Å². The highest BCUT2D eigenvalue weighted by atomic mass is 16.5. The van der Waals surface area contributed by atoms with Crippen LogP contribution in [0.15, 0.2) is 30.3 Å². The molecule has 0 radical (unpaired) electrons. The van der Waals surface area contributed by atoms with E-state index in [9.17, 15) is 0 Å². The maximum absolute atomic E-state index is 5.47. The van der Waals surface area contributed by atoms with Crippen LogP contribution in [0.3, 0.4) is 0 Å². The number of hydrogen-bond acceptors (Lipinski definition) is 2. The Morgan fingerprint density at radius 1 is 1.05 bits per heavy atom. The number of hydrogen-bond donors (Lipinski definition) is 0. The summed E-state index contributed by atoms with van der Waals surface area (Å²) < 4.78 is 5.47. The van der Waals surface area contributed by atoms with Gasteiger partial charge in [-0.2, -0.15) is 0 Å². The van der Waals surface area contributed by atoms with Crippen molar-refractivity contribution >= 4 is 10.9 Å². The fourth-order valence-corrected chi connectivity index (χ4v) is 2.40. The predicted molar refractivity (Wildman–Crippen MR) is 80.8 cm³/mol. The molecule has 0 spiro atoms. The van der Waals surface area contributed by atoms with Crippen LogP contribution in [0.2, 0.25) is 0 Å². The molecule has 0 amide bonds. The largest absolute Gasteiger partial charge is 0.496 e. The number of pyridine rings is 1. The van der Waals surface area contributed by atoms with E-state index in [1.54, 1.807) is 7.11 Å². The number of fused-ring (bicyclic) bond motifs is 1. The molecule has 0 N–H and O–H groups in total. The van der Waals surface area contributed by atoms with Crippen LogP contribution in [0, 0.1) is 0 Å². The third-order valence-corrected chi connectivity index (χ3v) is 3.49. The van der Waals surface area contributed by atoms with Gasteiger partial charge < -0.3 is 4.74 Å². The molecule has 0 bridgehead atoms. The van der Waals surface area contributed by atoms with E-state index in [1.165, 1.54) is 32.1 Å². The quantitative estimate of drug-likeness (QED) is 0.667. The average molecular weight is 257 g/mol. The lowest BCUT2D eigenvalue weighted by Crippen LogP contribution is -1.95. The summed E-state index contributed by atoms with van der Waals surface area (Å²) in [6.45, 7) is 2.25. The van der Waals surface area contributed by atoms with E-state index in [4.69, 9.17) is 9.72 Å². The molecule has 0 aliphatic carbocycles. The van der Waals surface area contributed by atoms with Crippen LogP contribution in [-0.2, 0) is 6.42 Å². The second kappa shape index (κ2) is 7.13. The number of ether oxygens (including phenoxy) is 1. The van der Waals surface area contributed by atoms with E-state index < -0.39 is 0 Å². The Bertz CT molecular complexity index is 522. The van der Waals surface area contributed by atoms with Gasteiger partial charge in [-0.25, -0.2) is 0 Å². The fraction of sp³-hybridized carbons (Fsp3) is 0.471. The van der Waals surface area contributed by atoms with Crippen LogP contribution in [-0.4, -0.2) is 12.1 Å². The molecule has 0 saturated heterocycles. The Kier molecular flexibility index (Phi) is 5.20. The third kappa shape index (κ3) is 3.69. The van der Waals surface area contributed by atoms with E-state index in [1.807, 2.05) is 12.1 Å². The van der Waals surface area contributed by atoms with Gasteiger partial charge in [-0.3, -0.25) is 4.98 Å². The summed E-state index contributed by atoms with van der Waals surface area (Å²) in [7, 11) is 1.73. The lowest BCUT2D eigenvalue weighted by Gasteiger charge is -2.08. The standard InChI is InChI=1S/C17H23NO/c1-3-4-5-6-7-10-14-13-17(19-2)15-11-8-9-12-16(15)18-14/h8-9,11-13H,3-7,10H2,1-2H3. The van der Waals surface area contributed by atoms with Gasteiger partial charge in [-0.1, -0.05) is 44.7 Å². The summed E-state index contributed by atoms with van der Waals surface area (Å²) in [5.41, 5.74) is 2.18. The molecule has 0 fully saturated rings. The molecule has 1 heterocycles. The van der Waals surface area contributed by atoms with Crippen molar-refractivity contribution in [3.05, 3.63) is 36.0 Å². The van der Waals surface area contributed by atoms with Crippen molar-refractivity contribution in [1.82, 2.24) is 4.98 Å². The zero-order valence-electron chi connectivity index (χ0n) is 12.0. The number of nitrogens with zero attached hydrogens (tertiary/aromatic N) is 1. The topological polar surface area (TPSA) is 22.1 Å².